The molecule has 5 nitrogen and oxygen atoms in total. The van der Waals surface area contributed by atoms with Crippen LogP contribution in [0.4, 0.5) is 11.5 Å². The van der Waals surface area contributed by atoms with Gasteiger partial charge in [0, 0.05) is 7.05 Å². The van der Waals surface area contributed by atoms with Gasteiger partial charge in [-0.2, -0.15) is 4.98 Å². The van der Waals surface area contributed by atoms with Crippen LogP contribution in [0, 0.1) is 0 Å². The number of nitrogens with zero attached hydrogens (tertiary/aromatic N) is 2. The Morgan fingerprint density at radius 1 is 1.58 bits per heavy atom. The zero-order valence-electron chi connectivity index (χ0n) is 7.16. The van der Waals surface area contributed by atoms with Gasteiger partial charge in [0.25, 0.3) is 0 Å². The summed E-state index contributed by atoms with van der Waals surface area (Å²) < 4.78 is 5.16. The molecule has 0 radical (unpaired) electrons. The molecule has 0 amide bonds. The zero-order valence-corrected chi connectivity index (χ0v) is 7.16. The van der Waals surface area contributed by atoms with Gasteiger partial charge in [-0.1, -0.05) is 0 Å². The summed E-state index contributed by atoms with van der Waals surface area (Å²) in [5, 5.41) is 2.84. The summed E-state index contributed by atoms with van der Waals surface area (Å²) in [6.45, 7) is 2.42. The van der Waals surface area contributed by atoms with E-state index in [0.29, 0.717) is 24.0 Å². The van der Waals surface area contributed by atoms with Crippen LogP contribution >= 0.6 is 0 Å². The van der Waals surface area contributed by atoms with Crippen LogP contribution in [0.15, 0.2) is 6.33 Å². The molecule has 0 fully saturated rings. The number of anilines is 2. The van der Waals surface area contributed by atoms with Crippen LogP contribution in [-0.2, 0) is 0 Å². The molecule has 0 saturated carbocycles. The van der Waals surface area contributed by atoms with E-state index >= 15 is 0 Å². The van der Waals surface area contributed by atoms with Crippen LogP contribution in [-0.4, -0.2) is 23.6 Å². The lowest BCUT2D eigenvalue weighted by Gasteiger charge is -2.07. The predicted octanol–water partition coefficient (Wildman–Crippen LogP) is 0.499. The summed E-state index contributed by atoms with van der Waals surface area (Å²) in [5.41, 5.74) is 6.11. The second kappa shape index (κ2) is 3.75. The normalized spacial score (nSPS) is 9.50. The number of hydrogen-bond donors (Lipinski definition) is 2. The number of hydrogen-bond acceptors (Lipinski definition) is 5. The molecule has 1 rings (SSSR count). The van der Waals surface area contributed by atoms with Crippen LogP contribution in [0.3, 0.4) is 0 Å². The van der Waals surface area contributed by atoms with Crippen molar-refractivity contribution in [2.45, 2.75) is 6.92 Å². The number of rotatable bonds is 3. The van der Waals surface area contributed by atoms with E-state index in [0.717, 1.165) is 0 Å². The Morgan fingerprint density at radius 3 is 2.92 bits per heavy atom. The van der Waals surface area contributed by atoms with Crippen LogP contribution in [0.5, 0.6) is 5.88 Å². The lowest BCUT2D eigenvalue weighted by atomic mass is 10.4. The summed E-state index contributed by atoms with van der Waals surface area (Å²) in [4.78, 5) is 7.79. The third-order valence-electron chi connectivity index (χ3n) is 1.37. The summed E-state index contributed by atoms with van der Waals surface area (Å²) in [6, 6.07) is 0. The highest BCUT2D eigenvalue weighted by Crippen LogP contribution is 2.23. The van der Waals surface area contributed by atoms with Crippen molar-refractivity contribution < 1.29 is 4.74 Å². The van der Waals surface area contributed by atoms with E-state index in [9.17, 15) is 0 Å². The third-order valence-corrected chi connectivity index (χ3v) is 1.37. The molecule has 0 aliphatic rings. The third kappa shape index (κ3) is 1.55. The Morgan fingerprint density at radius 2 is 2.33 bits per heavy atom. The fourth-order valence-corrected chi connectivity index (χ4v) is 0.830. The molecule has 0 spiro atoms. The maximum atomic E-state index is 5.67. The maximum absolute atomic E-state index is 5.67. The molecule has 0 atom stereocenters. The standard InChI is InChI=1S/C7H12N4O/c1-3-12-7-5(8)6(9-2)10-4-11-7/h4H,3,8H2,1-2H3,(H,9,10,11). The zero-order chi connectivity index (χ0) is 8.97. The summed E-state index contributed by atoms with van der Waals surface area (Å²) >= 11 is 0. The molecule has 1 aromatic rings. The van der Waals surface area contributed by atoms with E-state index in [2.05, 4.69) is 15.3 Å². The molecule has 0 aromatic carbocycles. The van der Waals surface area contributed by atoms with Crippen molar-refractivity contribution >= 4 is 11.5 Å². The van der Waals surface area contributed by atoms with Gasteiger partial charge in [-0.05, 0) is 6.92 Å². The number of nitrogens with one attached hydrogen (secondary N) is 1. The highest BCUT2D eigenvalue weighted by Gasteiger charge is 2.05. The van der Waals surface area contributed by atoms with Crippen LogP contribution in [0.25, 0.3) is 0 Å². The van der Waals surface area contributed by atoms with Crippen molar-refractivity contribution in [2.75, 3.05) is 24.7 Å². The molecule has 1 heterocycles. The van der Waals surface area contributed by atoms with E-state index in [-0.39, 0.29) is 0 Å². The fourth-order valence-electron chi connectivity index (χ4n) is 0.830. The van der Waals surface area contributed by atoms with Crippen molar-refractivity contribution in [3.63, 3.8) is 0 Å². The molecule has 5 heteroatoms. The SMILES string of the molecule is CCOc1ncnc(NC)c1N. The van der Waals surface area contributed by atoms with E-state index in [1.54, 1.807) is 7.05 Å². The second-order valence-electron chi connectivity index (χ2n) is 2.12. The van der Waals surface area contributed by atoms with Crippen molar-refractivity contribution in [1.29, 1.82) is 0 Å². The first-order chi connectivity index (χ1) is 5.79. The van der Waals surface area contributed by atoms with E-state index in [1.807, 2.05) is 6.92 Å². The molecule has 12 heavy (non-hydrogen) atoms. The van der Waals surface area contributed by atoms with Crippen molar-refractivity contribution in [1.82, 2.24) is 9.97 Å². The number of nitrogens with two attached hydrogens (primary N) is 1. The highest BCUT2D eigenvalue weighted by molar-refractivity contribution is 5.65. The van der Waals surface area contributed by atoms with Crippen molar-refractivity contribution in [2.24, 2.45) is 0 Å². The summed E-state index contributed by atoms with van der Waals surface area (Å²) in [6.07, 6.45) is 1.41. The number of ether oxygens (including phenoxy) is 1. The summed E-state index contributed by atoms with van der Waals surface area (Å²) in [5.74, 6) is 1.02. The van der Waals surface area contributed by atoms with Crippen molar-refractivity contribution in [3.8, 4) is 5.88 Å². The number of nitrogen functional groups attached to an aromatic ring is 1. The molecular weight excluding hydrogens is 156 g/mol. The average Bonchev–Trinajstić information content (AvgIpc) is 2.09. The predicted molar refractivity (Wildman–Crippen MR) is 47.2 cm³/mol. The van der Waals surface area contributed by atoms with E-state index < -0.39 is 0 Å². The Balaban J connectivity index is 2.97. The topological polar surface area (TPSA) is 73.1 Å². The molecule has 3 N–H and O–H groups in total. The first-order valence-electron chi connectivity index (χ1n) is 3.70. The largest absolute Gasteiger partial charge is 0.476 e. The lowest BCUT2D eigenvalue weighted by molar-refractivity contribution is 0.328. The molecule has 1 aromatic heterocycles. The van der Waals surface area contributed by atoms with Crippen LogP contribution in [0.2, 0.25) is 0 Å². The second-order valence-corrected chi connectivity index (χ2v) is 2.12. The molecule has 0 aliphatic heterocycles. The van der Waals surface area contributed by atoms with Gasteiger partial charge in [-0.25, -0.2) is 4.98 Å². The smallest absolute Gasteiger partial charge is 0.242 e. The Hall–Kier alpha value is -1.52. The average molecular weight is 168 g/mol. The quantitative estimate of drug-likeness (QED) is 0.687. The van der Waals surface area contributed by atoms with Gasteiger partial charge >= 0.3 is 0 Å². The Labute approximate surface area is 71.0 Å². The number of aromatic nitrogens is 2. The van der Waals surface area contributed by atoms with Gasteiger partial charge in [0.15, 0.2) is 5.82 Å². The Kier molecular flexibility index (Phi) is 2.68. The Bertz CT molecular complexity index is 264. The van der Waals surface area contributed by atoms with E-state index in [1.165, 1.54) is 6.33 Å². The van der Waals surface area contributed by atoms with Crippen molar-refractivity contribution in [3.05, 3.63) is 6.33 Å². The van der Waals surface area contributed by atoms with Gasteiger partial charge in [0.2, 0.25) is 5.88 Å². The molecule has 0 unspecified atom stereocenters. The van der Waals surface area contributed by atoms with Crippen LogP contribution < -0.4 is 15.8 Å². The van der Waals surface area contributed by atoms with Gasteiger partial charge < -0.3 is 15.8 Å². The first kappa shape index (κ1) is 8.58. The minimum absolute atomic E-state index is 0.428. The maximum Gasteiger partial charge on any atom is 0.242 e. The first-order valence-corrected chi connectivity index (χ1v) is 3.70. The van der Waals surface area contributed by atoms with Gasteiger partial charge in [0.1, 0.15) is 12.0 Å². The lowest BCUT2D eigenvalue weighted by Crippen LogP contribution is -2.04. The molecule has 0 aliphatic carbocycles. The minimum Gasteiger partial charge on any atom is -0.476 e. The fraction of sp³-hybridized carbons (Fsp3) is 0.429. The summed E-state index contributed by atoms with van der Waals surface area (Å²) in [7, 11) is 1.74. The van der Waals surface area contributed by atoms with E-state index in [4.69, 9.17) is 10.5 Å². The van der Waals surface area contributed by atoms with Crippen LogP contribution in [0.1, 0.15) is 6.92 Å². The molecule has 66 valence electrons. The molecular formula is C7H12N4O. The van der Waals surface area contributed by atoms with Gasteiger partial charge in [0.05, 0.1) is 6.61 Å². The molecule has 0 bridgehead atoms. The minimum atomic E-state index is 0.428. The monoisotopic (exact) mass is 168 g/mol. The van der Waals surface area contributed by atoms with Gasteiger partial charge in [-0.15, -0.1) is 0 Å². The molecule has 0 saturated heterocycles. The highest BCUT2D eigenvalue weighted by atomic mass is 16.5. The van der Waals surface area contributed by atoms with Gasteiger partial charge in [-0.3, -0.25) is 0 Å².